The number of nitrogens with one attached hydrogen (secondary N) is 2. The zero-order chi connectivity index (χ0) is 20.3. The summed E-state index contributed by atoms with van der Waals surface area (Å²) in [6, 6.07) is 4.94. The van der Waals surface area contributed by atoms with Crippen LogP contribution in [-0.4, -0.2) is 37.3 Å². The molecule has 1 saturated carbocycles. The summed E-state index contributed by atoms with van der Waals surface area (Å²) < 4.78 is 25.4. The lowest BCUT2D eigenvalue weighted by Gasteiger charge is -2.29. The van der Waals surface area contributed by atoms with Gasteiger partial charge in [0.1, 0.15) is 0 Å². The maximum Gasteiger partial charge on any atom is 0.237 e. The summed E-state index contributed by atoms with van der Waals surface area (Å²) in [6.07, 6.45) is 5.01. The van der Waals surface area contributed by atoms with Gasteiger partial charge in [0, 0.05) is 17.4 Å². The minimum absolute atomic E-state index is 0.0539. The molecule has 28 heavy (non-hydrogen) atoms. The summed E-state index contributed by atoms with van der Waals surface area (Å²) in [5.74, 6) is -0.120. The molecule has 0 radical (unpaired) electrons. The Labute approximate surface area is 171 Å². The van der Waals surface area contributed by atoms with Gasteiger partial charge in [-0.25, -0.2) is 8.42 Å². The molecule has 1 aromatic rings. The van der Waals surface area contributed by atoms with E-state index in [9.17, 15) is 18.0 Å². The number of fused-ring (bicyclic) bond motifs is 1. The monoisotopic (exact) mass is 424 g/mol. The van der Waals surface area contributed by atoms with Crippen LogP contribution in [-0.2, 0) is 19.4 Å². The fourth-order valence-electron chi connectivity index (χ4n) is 3.75. The normalized spacial score (nSPS) is 24.9. The first-order chi connectivity index (χ1) is 13.3. The molecule has 2 amide bonds. The third kappa shape index (κ3) is 4.89. The molecule has 3 rings (SSSR count). The van der Waals surface area contributed by atoms with Gasteiger partial charge in [0.25, 0.3) is 0 Å². The van der Waals surface area contributed by atoms with E-state index in [2.05, 4.69) is 17.6 Å². The van der Waals surface area contributed by atoms with E-state index in [4.69, 9.17) is 0 Å². The molecule has 0 bridgehead atoms. The second kappa shape index (κ2) is 8.86. The van der Waals surface area contributed by atoms with Gasteiger partial charge in [-0.1, -0.05) is 26.7 Å². The Morgan fingerprint density at radius 2 is 2.04 bits per heavy atom. The van der Waals surface area contributed by atoms with E-state index in [0.29, 0.717) is 18.0 Å². The summed E-state index contributed by atoms with van der Waals surface area (Å²) in [5, 5.41) is 5.64. The van der Waals surface area contributed by atoms with E-state index < -0.39 is 9.84 Å². The van der Waals surface area contributed by atoms with Crippen molar-refractivity contribution in [2.75, 3.05) is 11.1 Å². The van der Waals surface area contributed by atoms with E-state index in [1.807, 2.05) is 6.92 Å². The number of carbonyl (C=O) groups excluding carboxylic acids is 2. The summed E-state index contributed by atoms with van der Waals surface area (Å²) >= 11 is 1.45. The topological polar surface area (TPSA) is 92.3 Å². The van der Waals surface area contributed by atoms with Crippen molar-refractivity contribution in [3.8, 4) is 0 Å². The molecule has 154 valence electrons. The van der Waals surface area contributed by atoms with Gasteiger partial charge in [0.2, 0.25) is 11.8 Å². The van der Waals surface area contributed by atoms with Crippen molar-refractivity contribution in [3.05, 3.63) is 18.2 Å². The third-order valence-electron chi connectivity index (χ3n) is 5.56. The molecule has 1 aliphatic carbocycles. The minimum Gasteiger partial charge on any atom is -0.353 e. The highest BCUT2D eigenvalue weighted by molar-refractivity contribution is 8.01. The van der Waals surface area contributed by atoms with Gasteiger partial charge in [-0.05, 0) is 43.4 Å². The number of amides is 2. The number of thioether (sulfide) groups is 1. The molecule has 1 fully saturated rings. The molecule has 1 heterocycles. The van der Waals surface area contributed by atoms with Crippen LogP contribution in [0.3, 0.4) is 0 Å². The van der Waals surface area contributed by atoms with Gasteiger partial charge in [0.15, 0.2) is 9.84 Å². The van der Waals surface area contributed by atoms with Crippen LogP contribution in [0, 0.1) is 5.92 Å². The second-order valence-electron chi connectivity index (χ2n) is 7.67. The Kier molecular flexibility index (Phi) is 6.70. The van der Waals surface area contributed by atoms with E-state index in [1.165, 1.54) is 24.2 Å². The first-order valence-electron chi connectivity index (χ1n) is 9.94. The van der Waals surface area contributed by atoms with Crippen LogP contribution < -0.4 is 10.6 Å². The third-order valence-corrected chi connectivity index (χ3v) is 8.71. The number of benzene rings is 1. The molecule has 1 aliphatic heterocycles. The lowest BCUT2D eigenvalue weighted by molar-refractivity contribution is -0.122. The van der Waals surface area contributed by atoms with Crippen LogP contribution in [0.25, 0.3) is 0 Å². The van der Waals surface area contributed by atoms with Crippen molar-refractivity contribution in [1.82, 2.24) is 5.32 Å². The standard InChI is InChI=1S/C20H28N2O4S2/c1-3-17-20(24)22-16-12-14(8-9-18(16)27-17)28(25,26)11-10-19(23)21-15-7-5-4-6-13(15)2/h8-9,12-13,15,17H,3-7,10-11H2,1-2H3,(H,21,23)(H,22,24)/t13-,15-,17-/m0/s1. The Bertz CT molecular complexity index is 854. The zero-order valence-electron chi connectivity index (χ0n) is 16.4. The SMILES string of the molecule is CC[C@@H]1Sc2ccc(S(=O)(=O)CCC(=O)N[C@H]3CCCC[C@@H]3C)cc2NC1=O. The fraction of sp³-hybridized carbons (Fsp3) is 0.600. The van der Waals surface area contributed by atoms with Gasteiger partial charge >= 0.3 is 0 Å². The Hall–Kier alpha value is -1.54. The van der Waals surface area contributed by atoms with Crippen molar-refractivity contribution in [3.63, 3.8) is 0 Å². The van der Waals surface area contributed by atoms with Crippen LogP contribution in [0.15, 0.2) is 28.0 Å². The van der Waals surface area contributed by atoms with Crippen LogP contribution >= 0.6 is 11.8 Å². The van der Waals surface area contributed by atoms with E-state index >= 15 is 0 Å². The average Bonchev–Trinajstić information content (AvgIpc) is 2.67. The Balaban J connectivity index is 1.62. The van der Waals surface area contributed by atoms with Gasteiger partial charge in [-0.2, -0.15) is 0 Å². The molecule has 2 aliphatic rings. The lowest BCUT2D eigenvalue weighted by atomic mass is 9.86. The summed E-state index contributed by atoms with van der Waals surface area (Å²) in [5.41, 5.74) is 0.529. The number of rotatable bonds is 6. The Morgan fingerprint density at radius 1 is 1.29 bits per heavy atom. The molecule has 0 unspecified atom stereocenters. The molecule has 0 saturated heterocycles. The van der Waals surface area contributed by atoms with E-state index in [-0.39, 0.29) is 40.2 Å². The molecule has 2 N–H and O–H groups in total. The van der Waals surface area contributed by atoms with Gasteiger partial charge in [0.05, 0.1) is 21.6 Å². The van der Waals surface area contributed by atoms with Crippen molar-refractivity contribution in [1.29, 1.82) is 0 Å². The summed E-state index contributed by atoms with van der Waals surface area (Å²) in [4.78, 5) is 25.3. The molecule has 1 aromatic carbocycles. The predicted molar refractivity (Wildman–Crippen MR) is 111 cm³/mol. The Morgan fingerprint density at radius 3 is 2.75 bits per heavy atom. The van der Waals surface area contributed by atoms with E-state index in [1.54, 1.807) is 12.1 Å². The second-order valence-corrected chi connectivity index (χ2v) is 11.0. The maximum absolute atomic E-state index is 12.7. The number of hydrogen-bond donors (Lipinski definition) is 2. The van der Waals surface area contributed by atoms with Crippen molar-refractivity contribution >= 4 is 39.1 Å². The first-order valence-corrected chi connectivity index (χ1v) is 12.5. The van der Waals surface area contributed by atoms with Crippen LogP contribution in [0.4, 0.5) is 5.69 Å². The molecular weight excluding hydrogens is 396 g/mol. The zero-order valence-corrected chi connectivity index (χ0v) is 18.0. The number of anilines is 1. The lowest BCUT2D eigenvalue weighted by Crippen LogP contribution is -2.41. The highest BCUT2D eigenvalue weighted by Crippen LogP contribution is 2.38. The largest absolute Gasteiger partial charge is 0.353 e. The molecular formula is C20H28N2O4S2. The number of sulfone groups is 1. The van der Waals surface area contributed by atoms with Crippen LogP contribution in [0.1, 0.15) is 52.4 Å². The summed E-state index contributed by atoms with van der Waals surface area (Å²) in [7, 11) is -3.60. The van der Waals surface area contributed by atoms with Crippen molar-refractivity contribution < 1.29 is 18.0 Å². The van der Waals surface area contributed by atoms with Crippen LogP contribution in [0.2, 0.25) is 0 Å². The quantitative estimate of drug-likeness (QED) is 0.730. The molecule has 6 nitrogen and oxygen atoms in total. The smallest absolute Gasteiger partial charge is 0.237 e. The van der Waals surface area contributed by atoms with Gasteiger partial charge < -0.3 is 10.6 Å². The molecule has 8 heteroatoms. The molecule has 0 aromatic heterocycles. The maximum atomic E-state index is 12.7. The highest BCUT2D eigenvalue weighted by Gasteiger charge is 2.28. The number of hydrogen-bond acceptors (Lipinski definition) is 5. The average molecular weight is 425 g/mol. The van der Waals surface area contributed by atoms with Crippen molar-refractivity contribution in [2.45, 2.75) is 73.5 Å². The minimum atomic E-state index is -3.60. The number of carbonyl (C=O) groups is 2. The van der Waals surface area contributed by atoms with Gasteiger partial charge in [-0.15, -0.1) is 11.8 Å². The highest BCUT2D eigenvalue weighted by atomic mass is 32.2. The van der Waals surface area contributed by atoms with Crippen molar-refractivity contribution in [2.24, 2.45) is 5.92 Å². The van der Waals surface area contributed by atoms with Crippen LogP contribution in [0.5, 0.6) is 0 Å². The fourth-order valence-corrected chi connectivity index (χ4v) is 6.03. The van der Waals surface area contributed by atoms with Gasteiger partial charge in [-0.3, -0.25) is 9.59 Å². The summed E-state index contributed by atoms with van der Waals surface area (Å²) in [6.45, 7) is 4.07. The van der Waals surface area contributed by atoms with E-state index in [0.717, 1.165) is 24.2 Å². The first kappa shape index (κ1) is 21.2. The molecule has 0 spiro atoms. The molecule has 3 atom stereocenters. The predicted octanol–water partition coefficient (Wildman–Crippen LogP) is 3.37.